The van der Waals surface area contributed by atoms with Gasteiger partial charge in [-0.05, 0) is 101 Å². The summed E-state index contributed by atoms with van der Waals surface area (Å²) in [7, 11) is 1.56. The summed E-state index contributed by atoms with van der Waals surface area (Å²) in [6, 6.07) is 0. The van der Waals surface area contributed by atoms with E-state index in [1.165, 1.54) is 18.2 Å². The van der Waals surface area contributed by atoms with E-state index in [0.29, 0.717) is 82.7 Å². The Morgan fingerprint density at radius 3 is 0.990 bits per heavy atom. The van der Waals surface area contributed by atoms with Crippen LogP contribution in [0.1, 0.15) is 72.1 Å². The lowest BCUT2D eigenvalue weighted by Crippen LogP contribution is -2.43. The summed E-state index contributed by atoms with van der Waals surface area (Å²) in [6.07, 6.45) is 6.84. The van der Waals surface area contributed by atoms with Crippen molar-refractivity contribution >= 4 is 47.1 Å². The van der Waals surface area contributed by atoms with Gasteiger partial charge in [-0.2, -0.15) is 0 Å². The molecular weight excluding hydrogens is 1340 g/mol. The van der Waals surface area contributed by atoms with Gasteiger partial charge < -0.3 is 120 Å². The van der Waals surface area contributed by atoms with Crippen LogP contribution in [-0.2, 0) is 95.2 Å². The number of carbonyl (C=O) groups is 8. The maximum Gasteiger partial charge on any atom is 0.246 e. The first-order chi connectivity index (χ1) is 48.8. The van der Waals surface area contributed by atoms with Crippen molar-refractivity contribution in [3.63, 3.8) is 0 Å². The van der Waals surface area contributed by atoms with E-state index in [1.807, 2.05) is 6.92 Å². The smallest absolute Gasteiger partial charge is 0.246 e. The lowest BCUT2D eigenvalue weighted by atomic mass is 9.88. The molecule has 586 valence electrons. The number of hydrogen-bond acceptors (Lipinski definition) is 25. The summed E-state index contributed by atoms with van der Waals surface area (Å²) in [5.41, 5.74) is -0.280. The summed E-state index contributed by atoms with van der Waals surface area (Å²) in [5.74, 6) is -2.27. The summed E-state index contributed by atoms with van der Waals surface area (Å²) < 4.78 is 66.5. The van der Waals surface area contributed by atoms with Crippen molar-refractivity contribution in [3.8, 4) is 0 Å². The number of Topliss-reactive ketones (excluding diaryl/α,β-unsaturated/α-hetero) is 1. The molecule has 0 aromatic rings. The fraction of sp³-hybridized carbons (Fsp3) is 0.657. The molecule has 0 aliphatic rings. The normalized spacial score (nSPS) is 13.0. The van der Waals surface area contributed by atoms with Gasteiger partial charge >= 0.3 is 0 Å². The summed E-state index contributed by atoms with van der Waals surface area (Å²) in [4.78, 5) is 89.6. The average Bonchev–Trinajstić information content (AvgIpc) is 0.879. The van der Waals surface area contributed by atoms with E-state index in [4.69, 9.17) is 56.8 Å². The number of carbonyl (C=O) groups excluding carboxylic acids is 8. The van der Waals surface area contributed by atoms with E-state index in [-0.39, 0.29) is 193 Å². The van der Waals surface area contributed by atoms with Crippen molar-refractivity contribution < 1.29 is 121 Å². The van der Waals surface area contributed by atoms with Crippen molar-refractivity contribution in [2.45, 2.75) is 103 Å². The molecule has 0 saturated heterocycles. The minimum Gasteiger partial charge on any atom is -0.391 e. The zero-order chi connectivity index (χ0) is 77.1. The lowest BCUT2D eigenvalue weighted by molar-refractivity contribution is -0.119. The maximum atomic E-state index is 11.4. The Labute approximate surface area is 602 Å². The van der Waals surface area contributed by atoms with Crippen LogP contribution in [0, 0.1) is 10.8 Å². The molecule has 0 aliphatic heterocycles. The van der Waals surface area contributed by atoms with Gasteiger partial charge in [0, 0.05) is 83.7 Å². The number of rotatable bonds is 67. The number of methoxy groups -OCH3 is 1. The molecule has 32 heteroatoms. The van der Waals surface area contributed by atoms with Crippen molar-refractivity contribution in [2.75, 3.05) is 186 Å². The fourth-order valence-electron chi connectivity index (χ4n) is 7.61. The Kier molecular flexibility index (Phi) is 65.6. The molecule has 32 nitrogen and oxygen atoms in total. The predicted octanol–water partition coefficient (Wildman–Crippen LogP) is 0.229. The molecule has 5 unspecified atom stereocenters. The van der Waals surface area contributed by atoms with E-state index in [9.17, 15) is 63.9 Å². The Morgan fingerprint density at radius 2 is 0.676 bits per heavy atom. The van der Waals surface area contributed by atoms with Crippen LogP contribution in [0.3, 0.4) is 0 Å². The molecule has 0 radical (unpaired) electrons. The van der Waals surface area contributed by atoms with Gasteiger partial charge in [-0.15, -0.1) is 0 Å². The van der Waals surface area contributed by atoms with E-state index in [0.717, 1.165) is 31.1 Å². The molecule has 0 saturated carbocycles. The van der Waals surface area contributed by atoms with E-state index in [1.54, 1.807) is 21.0 Å². The zero-order valence-electron chi connectivity index (χ0n) is 60.7. The van der Waals surface area contributed by atoms with Crippen LogP contribution in [0.15, 0.2) is 100 Å². The number of amides is 7. The molecule has 0 bridgehead atoms. The fourth-order valence-corrected chi connectivity index (χ4v) is 7.61. The predicted molar refractivity (Wildman–Crippen MR) is 381 cm³/mol. The molecule has 102 heavy (non-hydrogen) atoms. The Morgan fingerprint density at radius 1 is 0.373 bits per heavy atom. The number of aliphatic hydroxyl groups excluding tert-OH is 5. The monoisotopic (exact) mass is 1460 g/mol. The van der Waals surface area contributed by atoms with Gasteiger partial charge in [0.2, 0.25) is 41.4 Å². The highest BCUT2D eigenvalue weighted by Gasteiger charge is 2.33. The number of ether oxygens (including phenoxy) is 12. The van der Waals surface area contributed by atoms with Gasteiger partial charge in [-0.25, -0.2) is 0 Å². The van der Waals surface area contributed by atoms with Gasteiger partial charge in [-0.3, -0.25) is 38.4 Å². The molecule has 0 fully saturated rings. The number of hydrogen-bond donors (Lipinski definition) is 12. The first kappa shape index (κ1) is 99.4. The third-order valence-corrected chi connectivity index (χ3v) is 13.7. The Bertz CT molecular complexity index is 2170. The standard InChI is InChI=1S/C30H53N3O12.C21H35N3O7.C19H33NO6/c1-5-27(37)31-21-43-15-24(34)9-12-40-18-30(8-4,19-41-13-10-25(35)16-44-22-32-28(38)6-2)20-42-14-11-26(36)17-45-23-33-29(39)7-3;1-5-18(25)22-8-11-29-15-21(14-28-4,16-30-12-9-23-19(26)6-2)17-31-13-10-24-20(27)7-3;1-14(2)18(23)8-7-16(21)12-25-9-5-6-10-26-13-17(22)11-20-19(24)15(3)4/h5-7,24-26,34-36H,1-3,8-23H2,4H3,(H,31,37)(H,32,38)(H,33,39);5-7H,1-3,8-17H2,4H3,(H,22,25)(H,23,26)(H,24,27);16-17,21-22H,1,3,5-13H2,2,4H3,(H,20,24). The highest BCUT2D eigenvalue weighted by molar-refractivity contribution is 5.94. The minimum absolute atomic E-state index is 0.0191. The average molecular weight is 1460 g/mol. The number of nitrogens with one attached hydrogen (secondary N) is 7. The molecule has 7 amide bonds. The van der Waals surface area contributed by atoms with Gasteiger partial charge in [0.1, 0.15) is 20.2 Å². The SMILES string of the molecule is C=C(C)C(=O)CCC(O)COCCCCOCC(O)CNC(=O)C(=C)C.C=CC(=O)NCCOCC(COC)(COCCNC(=O)C=C)COCCNC(=O)C=C.C=CC(=O)NCOCC(O)CCOCC(CC)(COCCC(O)COCNC(=O)C=C)COCCC(O)COCNC(=O)C=C. The van der Waals surface area contributed by atoms with Crippen molar-refractivity contribution in [3.05, 3.63) is 100 Å². The van der Waals surface area contributed by atoms with Crippen molar-refractivity contribution in [1.82, 2.24) is 37.2 Å². The molecular formula is C70H121N7O25. The number of aliphatic hydroxyl groups is 5. The molecule has 0 aliphatic carbocycles. The Balaban J connectivity index is -0.00000151. The molecule has 0 spiro atoms. The molecule has 0 aromatic heterocycles. The second-order valence-corrected chi connectivity index (χ2v) is 23.1. The highest BCUT2D eigenvalue weighted by Crippen LogP contribution is 2.25. The van der Waals surface area contributed by atoms with Crippen LogP contribution >= 0.6 is 0 Å². The van der Waals surface area contributed by atoms with Gasteiger partial charge in [0.05, 0.1) is 135 Å². The van der Waals surface area contributed by atoms with Crippen LogP contribution in [0.25, 0.3) is 0 Å². The van der Waals surface area contributed by atoms with E-state index >= 15 is 0 Å². The molecule has 5 atom stereocenters. The zero-order valence-corrected chi connectivity index (χ0v) is 60.7. The largest absolute Gasteiger partial charge is 0.391 e. The van der Waals surface area contributed by atoms with Crippen LogP contribution in [-0.4, -0.2) is 289 Å². The van der Waals surface area contributed by atoms with Crippen LogP contribution in [0.5, 0.6) is 0 Å². The highest BCUT2D eigenvalue weighted by atomic mass is 16.5. The third kappa shape index (κ3) is 61.8. The molecule has 0 heterocycles. The van der Waals surface area contributed by atoms with Gasteiger partial charge in [0.15, 0.2) is 5.78 Å². The first-order valence-corrected chi connectivity index (χ1v) is 33.6. The van der Waals surface area contributed by atoms with Crippen LogP contribution < -0.4 is 37.2 Å². The van der Waals surface area contributed by atoms with E-state index < -0.39 is 41.3 Å². The second-order valence-electron chi connectivity index (χ2n) is 23.1. The lowest BCUT2D eigenvalue weighted by Gasteiger charge is -2.32. The van der Waals surface area contributed by atoms with Crippen molar-refractivity contribution in [2.24, 2.45) is 10.8 Å². The minimum atomic E-state index is -0.795. The summed E-state index contributed by atoms with van der Waals surface area (Å²) in [5, 5.41) is 67.6. The molecule has 0 rings (SSSR count). The van der Waals surface area contributed by atoms with Crippen molar-refractivity contribution in [1.29, 1.82) is 0 Å². The summed E-state index contributed by atoms with van der Waals surface area (Å²) in [6.45, 7) is 38.3. The second kappa shape index (κ2) is 67.4. The third-order valence-electron chi connectivity index (χ3n) is 13.7. The first-order valence-electron chi connectivity index (χ1n) is 33.6. The maximum absolute atomic E-state index is 11.4. The van der Waals surface area contributed by atoms with Gasteiger partial charge in [-0.1, -0.05) is 59.6 Å². The van der Waals surface area contributed by atoms with Crippen LogP contribution in [0.2, 0.25) is 0 Å². The van der Waals surface area contributed by atoms with E-state index in [2.05, 4.69) is 89.8 Å². The molecule has 0 aromatic carbocycles. The summed E-state index contributed by atoms with van der Waals surface area (Å²) >= 11 is 0. The topological polar surface area (TPSA) is 433 Å². The quantitative estimate of drug-likeness (QED) is 0.0220. The number of unbranched alkanes of at least 4 members (excludes halogenated alkanes) is 1. The molecule has 12 N–H and O–H groups in total. The Hall–Kier alpha value is -6.80. The van der Waals surface area contributed by atoms with Gasteiger partial charge in [0.25, 0.3) is 0 Å². The number of allylic oxidation sites excluding steroid dienone is 1. The number of ketones is 1. The van der Waals surface area contributed by atoms with Crippen LogP contribution in [0.4, 0.5) is 0 Å².